The maximum absolute atomic E-state index is 12.1. The Kier molecular flexibility index (Phi) is 5.41. The SMILES string of the molecule is C[C@@H]([NH2+]CC[NH+](C)C)C(=O)Nc1ccc2c(c1)OCCO2. The first-order valence-electron chi connectivity index (χ1n) is 7.39. The van der Waals surface area contributed by atoms with Crippen molar-refractivity contribution in [2.75, 3.05) is 45.7 Å². The number of nitrogens with two attached hydrogens (primary N) is 1. The summed E-state index contributed by atoms with van der Waals surface area (Å²) in [6, 6.07) is 5.36. The Morgan fingerprint density at radius 2 is 2.05 bits per heavy atom. The van der Waals surface area contributed by atoms with Crippen LogP contribution in [0, 0.1) is 0 Å². The molecule has 0 fully saturated rings. The molecule has 0 unspecified atom stereocenters. The second-order valence-corrected chi connectivity index (χ2v) is 5.62. The Bertz CT molecular complexity index is 491. The van der Waals surface area contributed by atoms with E-state index in [1.54, 1.807) is 0 Å². The smallest absolute Gasteiger partial charge is 0.282 e. The number of hydrogen-bond acceptors (Lipinski definition) is 3. The van der Waals surface area contributed by atoms with Gasteiger partial charge < -0.3 is 25.0 Å². The molecule has 6 heteroatoms. The summed E-state index contributed by atoms with van der Waals surface area (Å²) in [5, 5.41) is 4.97. The first-order valence-corrected chi connectivity index (χ1v) is 7.39. The van der Waals surface area contributed by atoms with Gasteiger partial charge >= 0.3 is 0 Å². The summed E-state index contributed by atoms with van der Waals surface area (Å²) >= 11 is 0. The standard InChI is InChI=1S/C15H23N3O3/c1-11(16-6-7-18(2)3)15(19)17-12-4-5-13-14(10-12)21-9-8-20-13/h4-5,10-11,16H,6-9H2,1-3H3,(H,17,19)/p+2/t11-/m1/s1. The van der Waals surface area contributed by atoms with Crippen LogP contribution in [0.3, 0.4) is 0 Å². The third kappa shape index (κ3) is 4.61. The molecule has 0 spiro atoms. The molecule has 1 amide bonds. The topological polar surface area (TPSA) is 68.6 Å². The molecule has 0 aromatic heterocycles. The predicted octanol–water partition coefficient (Wildman–Crippen LogP) is -1.51. The lowest BCUT2D eigenvalue weighted by Gasteiger charge is -2.19. The van der Waals surface area contributed by atoms with Crippen molar-refractivity contribution >= 4 is 11.6 Å². The third-order valence-electron chi connectivity index (χ3n) is 3.39. The number of rotatable bonds is 6. The maximum atomic E-state index is 12.1. The highest BCUT2D eigenvalue weighted by molar-refractivity contribution is 5.93. The van der Waals surface area contributed by atoms with E-state index in [-0.39, 0.29) is 11.9 Å². The van der Waals surface area contributed by atoms with E-state index >= 15 is 0 Å². The van der Waals surface area contributed by atoms with Crippen molar-refractivity contribution in [1.29, 1.82) is 0 Å². The molecule has 0 bridgehead atoms. The molecule has 1 aliphatic rings. The van der Waals surface area contributed by atoms with E-state index in [9.17, 15) is 4.79 Å². The normalized spacial score (nSPS) is 14.9. The summed E-state index contributed by atoms with van der Waals surface area (Å²) in [6.07, 6.45) is 0. The number of hydrogen-bond donors (Lipinski definition) is 3. The van der Waals surface area contributed by atoms with Gasteiger partial charge in [-0.3, -0.25) is 4.79 Å². The summed E-state index contributed by atoms with van der Waals surface area (Å²) in [6.45, 7) is 4.98. The highest BCUT2D eigenvalue weighted by atomic mass is 16.6. The second-order valence-electron chi connectivity index (χ2n) is 5.62. The molecule has 116 valence electrons. The number of carbonyl (C=O) groups is 1. The zero-order chi connectivity index (χ0) is 15.2. The third-order valence-corrected chi connectivity index (χ3v) is 3.39. The van der Waals surface area contributed by atoms with Gasteiger partial charge in [0.2, 0.25) is 0 Å². The van der Waals surface area contributed by atoms with E-state index in [1.807, 2.05) is 25.1 Å². The molecule has 1 aromatic carbocycles. The highest BCUT2D eigenvalue weighted by Gasteiger charge is 2.18. The Labute approximate surface area is 125 Å². The van der Waals surface area contributed by atoms with Crippen molar-refractivity contribution in [3.63, 3.8) is 0 Å². The largest absolute Gasteiger partial charge is 0.486 e. The van der Waals surface area contributed by atoms with Crippen LogP contribution >= 0.6 is 0 Å². The fourth-order valence-electron chi connectivity index (χ4n) is 2.11. The lowest BCUT2D eigenvalue weighted by Crippen LogP contribution is -3.10. The lowest BCUT2D eigenvalue weighted by molar-refractivity contribution is -0.875. The number of amides is 1. The van der Waals surface area contributed by atoms with Gasteiger partial charge in [0.05, 0.1) is 14.1 Å². The Morgan fingerprint density at radius 1 is 1.33 bits per heavy atom. The molecule has 0 saturated carbocycles. The number of nitrogens with one attached hydrogen (secondary N) is 2. The van der Waals surface area contributed by atoms with E-state index in [0.29, 0.717) is 19.0 Å². The van der Waals surface area contributed by atoms with Gasteiger partial charge in [-0.25, -0.2) is 0 Å². The van der Waals surface area contributed by atoms with E-state index in [1.165, 1.54) is 4.90 Å². The van der Waals surface area contributed by atoms with Crippen LogP contribution in [0.25, 0.3) is 0 Å². The van der Waals surface area contributed by atoms with E-state index < -0.39 is 0 Å². The van der Waals surface area contributed by atoms with Crippen molar-refractivity contribution in [2.45, 2.75) is 13.0 Å². The van der Waals surface area contributed by atoms with Gasteiger partial charge in [0.1, 0.15) is 26.3 Å². The minimum absolute atomic E-state index is 0.000402. The molecule has 1 aliphatic heterocycles. The Morgan fingerprint density at radius 3 is 2.76 bits per heavy atom. The number of benzene rings is 1. The molecule has 0 aliphatic carbocycles. The van der Waals surface area contributed by atoms with Crippen molar-refractivity contribution in [1.82, 2.24) is 0 Å². The first kappa shape index (κ1) is 15.6. The molecule has 1 aromatic rings. The molecule has 0 radical (unpaired) electrons. The van der Waals surface area contributed by atoms with E-state index in [4.69, 9.17) is 9.47 Å². The zero-order valence-corrected chi connectivity index (χ0v) is 12.9. The number of carbonyl (C=O) groups excluding carboxylic acids is 1. The molecule has 6 nitrogen and oxygen atoms in total. The average molecular weight is 295 g/mol. The van der Waals surface area contributed by atoms with Gasteiger partial charge in [0.15, 0.2) is 17.5 Å². The average Bonchev–Trinajstić information content (AvgIpc) is 2.46. The van der Waals surface area contributed by atoms with Gasteiger partial charge in [0.25, 0.3) is 5.91 Å². The van der Waals surface area contributed by atoms with Crippen LogP contribution in [0.4, 0.5) is 5.69 Å². The molecule has 0 saturated heterocycles. The van der Waals surface area contributed by atoms with Crippen molar-refractivity contribution in [3.05, 3.63) is 18.2 Å². The van der Waals surface area contributed by atoms with Crippen LogP contribution in [-0.4, -0.2) is 52.3 Å². The fraction of sp³-hybridized carbons (Fsp3) is 0.533. The van der Waals surface area contributed by atoms with Gasteiger partial charge in [-0.2, -0.15) is 0 Å². The molecular weight excluding hydrogens is 270 g/mol. The van der Waals surface area contributed by atoms with Gasteiger partial charge in [-0.1, -0.05) is 0 Å². The van der Waals surface area contributed by atoms with Crippen LogP contribution in [0.2, 0.25) is 0 Å². The summed E-state index contributed by atoms with van der Waals surface area (Å²) in [5.74, 6) is 1.42. The zero-order valence-electron chi connectivity index (χ0n) is 12.9. The quantitative estimate of drug-likeness (QED) is 0.598. The van der Waals surface area contributed by atoms with Crippen molar-refractivity contribution in [3.8, 4) is 11.5 Å². The monoisotopic (exact) mass is 295 g/mol. The Hall–Kier alpha value is -1.79. The van der Waals surface area contributed by atoms with Gasteiger partial charge in [-0.15, -0.1) is 0 Å². The number of anilines is 1. The summed E-state index contributed by atoms with van der Waals surface area (Å²) in [7, 11) is 4.21. The minimum atomic E-state index is -0.113. The highest BCUT2D eigenvalue weighted by Crippen LogP contribution is 2.32. The summed E-state index contributed by atoms with van der Waals surface area (Å²) < 4.78 is 11.0. The van der Waals surface area contributed by atoms with Crippen molar-refractivity contribution in [2.24, 2.45) is 0 Å². The lowest BCUT2D eigenvalue weighted by atomic mass is 10.2. The van der Waals surface area contributed by atoms with Crippen LogP contribution < -0.4 is 25.0 Å². The van der Waals surface area contributed by atoms with E-state index in [0.717, 1.165) is 24.5 Å². The number of quaternary nitrogens is 2. The first-order chi connectivity index (χ1) is 10.1. The molecule has 21 heavy (non-hydrogen) atoms. The van der Waals surface area contributed by atoms with Crippen LogP contribution in [0.15, 0.2) is 18.2 Å². The van der Waals surface area contributed by atoms with Crippen LogP contribution in [-0.2, 0) is 4.79 Å². The van der Waals surface area contributed by atoms with Gasteiger partial charge in [-0.05, 0) is 19.1 Å². The van der Waals surface area contributed by atoms with Crippen molar-refractivity contribution < 1.29 is 24.5 Å². The predicted molar refractivity (Wildman–Crippen MR) is 80.0 cm³/mol. The van der Waals surface area contributed by atoms with Crippen LogP contribution in [0.1, 0.15) is 6.92 Å². The van der Waals surface area contributed by atoms with Gasteiger partial charge in [0, 0.05) is 11.8 Å². The maximum Gasteiger partial charge on any atom is 0.282 e. The number of fused-ring (bicyclic) bond motifs is 1. The molecule has 4 N–H and O–H groups in total. The molecule has 2 rings (SSSR count). The molecule has 1 atom stereocenters. The fourth-order valence-corrected chi connectivity index (χ4v) is 2.11. The number of likely N-dealkylation sites (N-methyl/N-ethyl adjacent to an activating group) is 1. The summed E-state index contributed by atoms with van der Waals surface area (Å²) in [5.41, 5.74) is 0.739. The molecule has 1 heterocycles. The Balaban J connectivity index is 1.87. The van der Waals surface area contributed by atoms with Crippen LogP contribution in [0.5, 0.6) is 11.5 Å². The number of ether oxygens (including phenoxy) is 2. The van der Waals surface area contributed by atoms with E-state index in [2.05, 4.69) is 24.7 Å². The molecular formula is C15H25N3O3+2. The minimum Gasteiger partial charge on any atom is -0.486 e. The second kappa shape index (κ2) is 7.28. The summed E-state index contributed by atoms with van der Waals surface area (Å²) in [4.78, 5) is 13.5.